The maximum Gasteiger partial charge on any atom is 0.341 e. The van der Waals surface area contributed by atoms with Gasteiger partial charge in [0.2, 0.25) is 5.60 Å². The van der Waals surface area contributed by atoms with Crippen LogP contribution in [0.5, 0.6) is 0 Å². The van der Waals surface area contributed by atoms with E-state index in [1.165, 1.54) is 0 Å². The van der Waals surface area contributed by atoms with Crippen LogP contribution in [0.4, 0.5) is 0 Å². The van der Waals surface area contributed by atoms with Crippen molar-refractivity contribution in [3.8, 4) is 0 Å². The Morgan fingerprint density at radius 1 is 1.70 bits per heavy atom. The van der Waals surface area contributed by atoms with Gasteiger partial charge in [0.1, 0.15) is 6.10 Å². The number of aliphatic carboxylic acids is 1. The molecule has 1 aliphatic rings. The summed E-state index contributed by atoms with van der Waals surface area (Å²) in [6.45, 7) is -0.466. The molecule has 1 fully saturated rings. The minimum Gasteiger partial charge on any atom is -0.479 e. The third kappa shape index (κ3) is 0.880. The first-order chi connectivity index (χ1) is 4.57. The Morgan fingerprint density at radius 3 is 2.50 bits per heavy atom. The first-order valence-corrected chi connectivity index (χ1v) is 2.79. The van der Waals surface area contributed by atoms with Crippen molar-refractivity contribution in [2.24, 2.45) is 0 Å². The second-order valence-electron chi connectivity index (χ2n) is 2.26. The highest BCUT2D eigenvalue weighted by Crippen LogP contribution is 2.18. The Labute approximate surface area is 56.9 Å². The Balaban J connectivity index is 2.75. The highest BCUT2D eigenvalue weighted by molar-refractivity contribution is 5.78. The van der Waals surface area contributed by atoms with E-state index in [-0.39, 0.29) is 13.2 Å². The molecule has 0 aromatic rings. The molecule has 2 atom stereocenters. The summed E-state index contributed by atoms with van der Waals surface area (Å²) in [6, 6.07) is 0. The highest BCUT2D eigenvalue weighted by Gasteiger charge is 2.48. The number of carbonyl (C=O) groups is 1. The molecular formula is C5H8O5. The number of hydrogen-bond acceptors (Lipinski definition) is 4. The standard InChI is InChI=1S/C5H8O5/c6-3-1-10-2-5(3,9)4(7)8/h3,6,9H,1-2H2,(H,7,8). The minimum absolute atomic E-state index is 0.122. The molecule has 0 bridgehead atoms. The maximum absolute atomic E-state index is 10.2. The first kappa shape index (κ1) is 7.46. The third-order valence-corrected chi connectivity index (χ3v) is 1.52. The molecule has 58 valence electrons. The van der Waals surface area contributed by atoms with Crippen LogP contribution in [-0.2, 0) is 9.53 Å². The normalized spacial score (nSPS) is 40.0. The van der Waals surface area contributed by atoms with Gasteiger partial charge < -0.3 is 20.1 Å². The maximum atomic E-state index is 10.2. The van der Waals surface area contributed by atoms with Gasteiger partial charge in [0.15, 0.2) is 0 Å². The summed E-state index contributed by atoms with van der Waals surface area (Å²) in [5, 5.41) is 26.3. The lowest BCUT2D eigenvalue weighted by atomic mass is 10.0. The molecular weight excluding hydrogens is 140 g/mol. The van der Waals surface area contributed by atoms with E-state index in [0.717, 1.165) is 0 Å². The van der Waals surface area contributed by atoms with Crippen molar-refractivity contribution in [2.45, 2.75) is 11.7 Å². The van der Waals surface area contributed by atoms with Crippen molar-refractivity contribution in [3.63, 3.8) is 0 Å². The van der Waals surface area contributed by atoms with Gasteiger partial charge in [-0.15, -0.1) is 0 Å². The molecule has 1 saturated heterocycles. The zero-order valence-electron chi connectivity index (χ0n) is 5.15. The van der Waals surface area contributed by atoms with Gasteiger partial charge in [-0.05, 0) is 0 Å². The summed E-state index contributed by atoms with van der Waals surface area (Å²) in [6.07, 6.45) is -1.31. The van der Waals surface area contributed by atoms with Gasteiger partial charge in [0.05, 0.1) is 13.2 Å². The van der Waals surface area contributed by atoms with Crippen molar-refractivity contribution in [1.82, 2.24) is 0 Å². The van der Waals surface area contributed by atoms with Crippen molar-refractivity contribution >= 4 is 5.97 Å². The second kappa shape index (κ2) is 2.19. The van der Waals surface area contributed by atoms with Crippen LogP contribution in [0.25, 0.3) is 0 Å². The zero-order valence-corrected chi connectivity index (χ0v) is 5.15. The number of rotatable bonds is 1. The zero-order chi connectivity index (χ0) is 7.78. The number of aliphatic hydroxyl groups excluding tert-OH is 1. The van der Waals surface area contributed by atoms with Crippen LogP contribution in [0, 0.1) is 0 Å². The van der Waals surface area contributed by atoms with E-state index in [0.29, 0.717) is 0 Å². The molecule has 1 rings (SSSR count). The third-order valence-electron chi connectivity index (χ3n) is 1.52. The Hall–Kier alpha value is -0.650. The number of carboxylic acid groups (broad SMARTS) is 1. The van der Waals surface area contributed by atoms with E-state index < -0.39 is 17.7 Å². The fourth-order valence-corrected chi connectivity index (χ4v) is 0.764. The van der Waals surface area contributed by atoms with Gasteiger partial charge in [-0.2, -0.15) is 0 Å². The molecule has 5 heteroatoms. The number of carboxylic acids is 1. The molecule has 2 unspecified atom stereocenters. The quantitative estimate of drug-likeness (QED) is 0.408. The average Bonchev–Trinajstić information content (AvgIpc) is 2.15. The monoisotopic (exact) mass is 148 g/mol. The van der Waals surface area contributed by atoms with Gasteiger partial charge in [-0.1, -0.05) is 0 Å². The van der Waals surface area contributed by atoms with Gasteiger partial charge >= 0.3 is 5.97 Å². The molecule has 0 amide bonds. The lowest BCUT2D eigenvalue weighted by Gasteiger charge is -2.17. The molecule has 5 nitrogen and oxygen atoms in total. The van der Waals surface area contributed by atoms with Crippen LogP contribution in [-0.4, -0.2) is 46.2 Å². The molecule has 0 radical (unpaired) electrons. The first-order valence-electron chi connectivity index (χ1n) is 2.79. The van der Waals surface area contributed by atoms with Crippen LogP contribution in [0.2, 0.25) is 0 Å². The SMILES string of the molecule is O=C(O)C1(O)COCC1O. The van der Waals surface area contributed by atoms with Crippen LogP contribution in [0.15, 0.2) is 0 Å². The summed E-state index contributed by atoms with van der Waals surface area (Å²) in [5.41, 5.74) is -2.10. The van der Waals surface area contributed by atoms with Gasteiger partial charge in [-0.25, -0.2) is 4.79 Å². The highest BCUT2D eigenvalue weighted by atomic mass is 16.5. The van der Waals surface area contributed by atoms with E-state index in [1.807, 2.05) is 0 Å². The minimum atomic E-state index is -2.10. The van der Waals surface area contributed by atoms with Crippen LogP contribution >= 0.6 is 0 Å². The summed E-state index contributed by atoms with van der Waals surface area (Å²) in [7, 11) is 0. The van der Waals surface area contributed by atoms with Gasteiger partial charge in [0, 0.05) is 0 Å². The average molecular weight is 148 g/mol. The lowest BCUT2D eigenvalue weighted by molar-refractivity contribution is -0.166. The largest absolute Gasteiger partial charge is 0.479 e. The van der Waals surface area contributed by atoms with Crippen LogP contribution in [0.1, 0.15) is 0 Å². The number of hydrogen-bond donors (Lipinski definition) is 3. The van der Waals surface area contributed by atoms with E-state index in [9.17, 15) is 4.79 Å². The van der Waals surface area contributed by atoms with E-state index in [1.54, 1.807) is 0 Å². The predicted molar refractivity (Wildman–Crippen MR) is 29.4 cm³/mol. The lowest BCUT2D eigenvalue weighted by Crippen LogP contribution is -2.48. The molecule has 3 N–H and O–H groups in total. The summed E-state index contributed by atoms with van der Waals surface area (Å²) >= 11 is 0. The Bertz CT molecular complexity index is 156. The van der Waals surface area contributed by atoms with E-state index in [4.69, 9.17) is 15.3 Å². The molecule has 0 spiro atoms. The molecule has 1 heterocycles. The second-order valence-corrected chi connectivity index (χ2v) is 2.26. The Morgan fingerprint density at radius 2 is 2.30 bits per heavy atom. The molecule has 0 aromatic carbocycles. The topological polar surface area (TPSA) is 87.0 Å². The molecule has 0 aromatic heterocycles. The van der Waals surface area contributed by atoms with E-state index >= 15 is 0 Å². The fourth-order valence-electron chi connectivity index (χ4n) is 0.764. The van der Waals surface area contributed by atoms with Crippen molar-refractivity contribution in [2.75, 3.05) is 13.2 Å². The Kier molecular flexibility index (Phi) is 1.63. The van der Waals surface area contributed by atoms with Crippen LogP contribution in [0.3, 0.4) is 0 Å². The molecule has 0 aliphatic carbocycles. The summed E-state index contributed by atoms with van der Waals surface area (Å²) < 4.78 is 4.55. The van der Waals surface area contributed by atoms with E-state index in [2.05, 4.69) is 4.74 Å². The molecule has 0 saturated carbocycles. The fraction of sp³-hybridized carbons (Fsp3) is 0.800. The molecule has 10 heavy (non-hydrogen) atoms. The van der Waals surface area contributed by atoms with Gasteiger partial charge in [0.25, 0.3) is 0 Å². The molecule has 1 aliphatic heterocycles. The smallest absolute Gasteiger partial charge is 0.341 e. The number of aliphatic hydroxyl groups is 2. The summed E-state index contributed by atoms with van der Waals surface area (Å²) in [5.74, 6) is -1.45. The van der Waals surface area contributed by atoms with Crippen molar-refractivity contribution < 1.29 is 24.9 Å². The summed E-state index contributed by atoms with van der Waals surface area (Å²) in [4.78, 5) is 10.2. The predicted octanol–water partition coefficient (Wildman–Crippen LogP) is -1.81. The van der Waals surface area contributed by atoms with Crippen LogP contribution < -0.4 is 0 Å². The number of ether oxygens (including phenoxy) is 1. The van der Waals surface area contributed by atoms with Gasteiger partial charge in [-0.3, -0.25) is 0 Å². The van der Waals surface area contributed by atoms with Crippen molar-refractivity contribution in [1.29, 1.82) is 0 Å². The van der Waals surface area contributed by atoms with Crippen molar-refractivity contribution in [3.05, 3.63) is 0 Å².